The van der Waals surface area contributed by atoms with Crippen molar-refractivity contribution in [1.29, 1.82) is 0 Å². The Morgan fingerprint density at radius 2 is 2.06 bits per heavy atom. The maximum atomic E-state index is 3.66. The topological polar surface area (TPSA) is 15.3 Å². The lowest BCUT2D eigenvalue weighted by Crippen LogP contribution is -2.44. The van der Waals surface area contributed by atoms with Gasteiger partial charge in [0.05, 0.1) is 0 Å². The average molecular weight is 258 g/mol. The van der Waals surface area contributed by atoms with Crippen LogP contribution in [0.15, 0.2) is 0 Å². The molecule has 0 bridgehead atoms. The molecule has 0 aromatic carbocycles. The van der Waals surface area contributed by atoms with Crippen molar-refractivity contribution in [3.63, 3.8) is 0 Å². The van der Waals surface area contributed by atoms with E-state index in [2.05, 4.69) is 49.7 Å². The minimum Gasteiger partial charge on any atom is -0.313 e. The average Bonchev–Trinajstić information content (AvgIpc) is 2.29. The number of hydrogen-bond donors (Lipinski definition) is 1. The summed E-state index contributed by atoms with van der Waals surface area (Å²) >= 11 is 2.10. The van der Waals surface area contributed by atoms with E-state index in [1.165, 1.54) is 37.4 Å². The van der Waals surface area contributed by atoms with Gasteiger partial charge in [-0.3, -0.25) is 4.90 Å². The van der Waals surface area contributed by atoms with Gasteiger partial charge < -0.3 is 5.32 Å². The fourth-order valence-electron chi connectivity index (χ4n) is 2.23. The minimum absolute atomic E-state index is 0.673. The van der Waals surface area contributed by atoms with E-state index in [0.29, 0.717) is 6.04 Å². The van der Waals surface area contributed by atoms with E-state index in [4.69, 9.17) is 0 Å². The fraction of sp³-hybridized carbons (Fsp3) is 1.00. The van der Waals surface area contributed by atoms with Crippen LogP contribution >= 0.6 is 11.8 Å². The molecular formula is C14H30N2S. The Balaban J connectivity index is 2.05. The highest BCUT2D eigenvalue weighted by Crippen LogP contribution is 2.15. The summed E-state index contributed by atoms with van der Waals surface area (Å²) in [6.45, 7) is 12.9. The molecule has 1 N–H and O–H groups in total. The molecule has 0 aliphatic carbocycles. The van der Waals surface area contributed by atoms with Gasteiger partial charge in [0, 0.05) is 43.2 Å². The summed E-state index contributed by atoms with van der Waals surface area (Å²) in [5.74, 6) is 3.45. The summed E-state index contributed by atoms with van der Waals surface area (Å²) in [5.41, 5.74) is 0. The third kappa shape index (κ3) is 6.68. The zero-order valence-corrected chi connectivity index (χ0v) is 12.9. The van der Waals surface area contributed by atoms with Crippen LogP contribution in [0.2, 0.25) is 0 Å². The molecule has 2 nitrogen and oxygen atoms in total. The van der Waals surface area contributed by atoms with Crippen molar-refractivity contribution < 1.29 is 0 Å². The number of nitrogens with zero attached hydrogens (tertiary/aromatic N) is 1. The molecule has 1 saturated heterocycles. The quantitative estimate of drug-likeness (QED) is 0.756. The summed E-state index contributed by atoms with van der Waals surface area (Å²) in [6.07, 6.45) is 2.65. The highest BCUT2D eigenvalue weighted by atomic mass is 32.2. The van der Waals surface area contributed by atoms with Gasteiger partial charge in [0.1, 0.15) is 0 Å². The Morgan fingerprint density at radius 1 is 1.29 bits per heavy atom. The van der Waals surface area contributed by atoms with Crippen LogP contribution in [0, 0.1) is 5.92 Å². The molecule has 0 aromatic rings. The Kier molecular flexibility index (Phi) is 7.56. The molecule has 2 unspecified atom stereocenters. The van der Waals surface area contributed by atoms with Crippen LogP contribution in [-0.2, 0) is 0 Å². The van der Waals surface area contributed by atoms with Gasteiger partial charge in [-0.15, -0.1) is 0 Å². The van der Waals surface area contributed by atoms with Crippen LogP contribution in [0.5, 0.6) is 0 Å². The zero-order chi connectivity index (χ0) is 12.7. The van der Waals surface area contributed by atoms with Crippen LogP contribution in [0.3, 0.4) is 0 Å². The first kappa shape index (κ1) is 15.3. The lowest BCUT2D eigenvalue weighted by Gasteiger charge is -2.33. The van der Waals surface area contributed by atoms with Gasteiger partial charge in [0.25, 0.3) is 0 Å². The fourth-order valence-corrected chi connectivity index (χ4v) is 3.32. The van der Waals surface area contributed by atoms with E-state index in [1.807, 2.05) is 0 Å². The van der Waals surface area contributed by atoms with Crippen LogP contribution in [0.25, 0.3) is 0 Å². The summed E-state index contributed by atoms with van der Waals surface area (Å²) in [5, 5.41) is 3.66. The second-order valence-electron chi connectivity index (χ2n) is 5.79. The number of hydrogen-bond acceptors (Lipinski definition) is 3. The zero-order valence-electron chi connectivity index (χ0n) is 12.0. The largest absolute Gasteiger partial charge is 0.313 e. The maximum absolute atomic E-state index is 3.66. The third-order valence-corrected chi connectivity index (χ3v) is 4.76. The van der Waals surface area contributed by atoms with E-state index in [9.17, 15) is 0 Å². The maximum Gasteiger partial charge on any atom is 0.0158 e. The number of nitrogens with one attached hydrogen (secondary N) is 1. The molecule has 0 radical (unpaired) electrons. The second kappa shape index (κ2) is 8.39. The van der Waals surface area contributed by atoms with Crippen molar-refractivity contribution in [2.75, 3.05) is 31.1 Å². The third-order valence-electron chi connectivity index (χ3n) is 3.57. The molecule has 1 aliphatic rings. The van der Waals surface area contributed by atoms with Crippen molar-refractivity contribution in [1.82, 2.24) is 10.2 Å². The Hall–Kier alpha value is 0.270. The molecule has 1 aliphatic heterocycles. The minimum atomic E-state index is 0.673. The van der Waals surface area contributed by atoms with Crippen LogP contribution < -0.4 is 5.32 Å². The highest BCUT2D eigenvalue weighted by Gasteiger charge is 2.17. The second-order valence-corrected chi connectivity index (χ2v) is 6.94. The van der Waals surface area contributed by atoms with Gasteiger partial charge in [-0.1, -0.05) is 13.8 Å². The first-order chi connectivity index (χ1) is 8.09. The molecule has 2 atom stereocenters. The van der Waals surface area contributed by atoms with Crippen LogP contribution in [0.1, 0.15) is 40.5 Å². The van der Waals surface area contributed by atoms with Crippen molar-refractivity contribution >= 4 is 11.8 Å². The van der Waals surface area contributed by atoms with E-state index >= 15 is 0 Å². The summed E-state index contributed by atoms with van der Waals surface area (Å²) < 4.78 is 0. The molecule has 1 fully saturated rings. The van der Waals surface area contributed by atoms with Crippen molar-refractivity contribution in [2.24, 2.45) is 5.92 Å². The molecule has 17 heavy (non-hydrogen) atoms. The van der Waals surface area contributed by atoms with Gasteiger partial charge in [0.15, 0.2) is 0 Å². The van der Waals surface area contributed by atoms with Gasteiger partial charge in [-0.2, -0.15) is 11.8 Å². The van der Waals surface area contributed by atoms with E-state index in [1.54, 1.807) is 0 Å². The predicted octanol–water partition coefficient (Wildman–Crippen LogP) is 2.84. The van der Waals surface area contributed by atoms with Gasteiger partial charge in [-0.05, 0) is 32.6 Å². The summed E-state index contributed by atoms with van der Waals surface area (Å²) in [6, 6.07) is 1.44. The van der Waals surface area contributed by atoms with Crippen LogP contribution in [0.4, 0.5) is 0 Å². The highest BCUT2D eigenvalue weighted by molar-refractivity contribution is 7.99. The molecule has 0 spiro atoms. The summed E-state index contributed by atoms with van der Waals surface area (Å²) in [4.78, 5) is 2.62. The molecular weight excluding hydrogens is 228 g/mol. The monoisotopic (exact) mass is 258 g/mol. The number of thioether (sulfide) groups is 1. The normalized spacial score (nSPS) is 24.2. The van der Waals surface area contributed by atoms with E-state index < -0.39 is 0 Å². The lowest BCUT2D eigenvalue weighted by molar-refractivity contribution is 0.229. The Bertz CT molecular complexity index is 197. The smallest absolute Gasteiger partial charge is 0.0158 e. The Morgan fingerprint density at radius 3 is 2.71 bits per heavy atom. The lowest BCUT2D eigenvalue weighted by atomic mass is 10.0. The van der Waals surface area contributed by atoms with Gasteiger partial charge >= 0.3 is 0 Å². The molecule has 102 valence electrons. The van der Waals surface area contributed by atoms with Crippen molar-refractivity contribution in [3.05, 3.63) is 0 Å². The molecule has 1 rings (SSSR count). The van der Waals surface area contributed by atoms with E-state index in [-0.39, 0.29) is 0 Å². The first-order valence-corrected chi connectivity index (χ1v) is 8.30. The van der Waals surface area contributed by atoms with Gasteiger partial charge in [0.2, 0.25) is 0 Å². The predicted molar refractivity (Wildman–Crippen MR) is 79.9 cm³/mol. The molecule has 3 heteroatoms. The van der Waals surface area contributed by atoms with E-state index in [0.717, 1.165) is 18.5 Å². The standard InChI is InChI=1S/C14H30N2S/c1-12(2)5-6-13(3)15-7-8-16-9-10-17-11-14(16)4/h12-15H,5-11H2,1-4H3. The molecule has 0 aromatic heterocycles. The van der Waals surface area contributed by atoms with Crippen LogP contribution in [-0.4, -0.2) is 48.1 Å². The molecule has 1 heterocycles. The summed E-state index contributed by atoms with van der Waals surface area (Å²) in [7, 11) is 0. The van der Waals surface area contributed by atoms with Gasteiger partial charge in [-0.25, -0.2) is 0 Å². The molecule has 0 saturated carbocycles. The van der Waals surface area contributed by atoms with Crippen molar-refractivity contribution in [2.45, 2.75) is 52.6 Å². The SMILES string of the molecule is CC(C)CCC(C)NCCN1CCSCC1C. The van der Waals surface area contributed by atoms with Crippen molar-refractivity contribution in [3.8, 4) is 0 Å². The first-order valence-electron chi connectivity index (χ1n) is 7.14. The Labute approximate surface area is 112 Å². The number of rotatable bonds is 7. The molecule has 0 amide bonds.